The van der Waals surface area contributed by atoms with Crippen LogP contribution >= 0.6 is 0 Å². The molecule has 0 aliphatic carbocycles. The fraction of sp³-hybridized carbons (Fsp3) is 0.190. The van der Waals surface area contributed by atoms with E-state index < -0.39 is 5.91 Å². The molecule has 31 heavy (non-hydrogen) atoms. The van der Waals surface area contributed by atoms with Crippen LogP contribution in [0.3, 0.4) is 0 Å². The van der Waals surface area contributed by atoms with Crippen molar-refractivity contribution in [2.75, 3.05) is 25.7 Å². The van der Waals surface area contributed by atoms with E-state index in [9.17, 15) is 4.79 Å². The first-order valence-electron chi connectivity index (χ1n) is 9.38. The third kappa shape index (κ3) is 4.22. The molecule has 0 spiro atoms. The molecule has 4 aromatic rings. The molecule has 0 aliphatic rings. The van der Waals surface area contributed by atoms with E-state index >= 15 is 0 Å². The number of primary amides is 1. The molecule has 0 fully saturated rings. The molecule has 158 valence electrons. The van der Waals surface area contributed by atoms with Gasteiger partial charge in [0.15, 0.2) is 5.65 Å². The number of aromatic nitrogens is 5. The first kappa shape index (κ1) is 20.1. The maximum atomic E-state index is 11.8. The van der Waals surface area contributed by atoms with Crippen molar-refractivity contribution in [3.8, 4) is 22.8 Å². The van der Waals surface area contributed by atoms with Gasteiger partial charge >= 0.3 is 0 Å². The second-order valence-corrected chi connectivity index (χ2v) is 6.79. The molecule has 4 rings (SSSR count). The molecule has 1 aromatic carbocycles. The molecule has 0 radical (unpaired) electrons. The fourth-order valence-electron chi connectivity index (χ4n) is 3.14. The summed E-state index contributed by atoms with van der Waals surface area (Å²) in [5.74, 6) is 1.12. The molecule has 2 N–H and O–H groups in total. The largest absolute Gasteiger partial charge is 0.497 e. The van der Waals surface area contributed by atoms with Crippen LogP contribution in [0.15, 0.2) is 48.9 Å². The van der Waals surface area contributed by atoms with Gasteiger partial charge in [0.05, 0.1) is 38.0 Å². The topological polar surface area (TPSA) is 121 Å². The quantitative estimate of drug-likeness (QED) is 0.483. The average molecular weight is 419 g/mol. The number of anilines is 2. The van der Waals surface area contributed by atoms with E-state index in [0.29, 0.717) is 39.9 Å². The highest BCUT2D eigenvalue weighted by atomic mass is 16.5. The molecule has 10 nitrogen and oxygen atoms in total. The van der Waals surface area contributed by atoms with E-state index in [1.807, 2.05) is 13.2 Å². The second-order valence-electron chi connectivity index (χ2n) is 6.79. The smallest absolute Gasteiger partial charge is 0.237 e. The number of fused-ring (bicyclic) bond motifs is 1. The van der Waals surface area contributed by atoms with E-state index in [1.165, 1.54) is 0 Å². The van der Waals surface area contributed by atoms with Crippen LogP contribution in [0.5, 0.6) is 11.5 Å². The predicted octanol–water partition coefficient (Wildman–Crippen LogP) is 2.07. The van der Waals surface area contributed by atoms with Crippen molar-refractivity contribution in [2.45, 2.75) is 0 Å². The van der Waals surface area contributed by atoms with Crippen molar-refractivity contribution in [3.63, 3.8) is 0 Å². The summed E-state index contributed by atoms with van der Waals surface area (Å²) in [6.45, 7) is -0.0927. The lowest BCUT2D eigenvalue weighted by Gasteiger charge is -2.23. The minimum atomic E-state index is -0.515. The Kier molecular flexibility index (Phi) is 5.35. The maximum absolute atomic E-state index is 11.8. The number of aryl methyl sites for hydroxylation is 1. The molecule has 0 saturated carbocycles. The molecule has 3 aromatic heterocycles. The van der Waals surface area contributed by atoms with Crippen LogP contribution in [0.2, 0.25) is 0 Å². The van der Waals surface area contributed by atoms with Crippen LogP contribution in [-0.4, -0.2) is 51.4 Å². The number of carbonyl (C=O) groups excluding carboxylic acids is 1. The minimum absolute atomic E-state index is 0.0927. The monoisotopic (exact) mass is 419 g/mol. The Morgan fingerprint density at radius 1 is 1.10 bits per heavy atom. The Bertz CT molecular complexity index is 1230. The van der Waals surface area contributed by atoms with Gasteiger partial charge in [-0.05, 0) is 12.1 Å². The molecule has 1 amide bonds. The van der Waals surface area contributed by atoms with Gasteiger partial charge in [-0.3, -0.25) is 14.5 Å². The maximum Gasteiger partial charge on any atom is 0.237 e. The highest BCUT2D eigenvalue weighted by Crippen LogP contribution is 2.32. The highest BCUT2D eigenvalue weighted by molar-refractivity contribution is 5.84. The van der Waals surface area contributed by atoms with E-state index in [1.54, 1.807) is 66.5 Å². The number of pyridine rings is 1. The Morgan fingerprint density at radius 2 is 1.84 bits per heavy atom. The summed E-state index contributed by atoms with van der Waals surface area (Å²) in [7, 11) is 4.94. The van der Waals surface area contributed by atoms with Crippen LogP contribution in [0.1, 0.15) is 0 Å². The van der Waals surface area contributed by atoms with Crippen LogP contribution in [0.25, 0.3) is 22.4 Å². The zero-order chi connectivity index (χ0) is 22.0. The Labute approximate surface area is 178 Å². The van der Waals surface area contributed by atoms with Crippen molar-refractivity contribution < 1.29 is 14.3 Å². The van der Waals surface area contributed by atoms with Crippen molar-refractivity contribution in [1.82, 2.24) is 24.7 Å². The van der Waals surface area contributed by atoms with E-state index in [0.717, 1.165) is 5.56 Å². The van der Waals surface area contributed by atoms with Gasteiger partial charge < -0.3 is 20.1 Å². The summed E-state index contributed by atoms with van der Waals surface area (Å²) < 4.78 is 12.4. The van der Waals surface area contributed by atoms with Crippen LogP contribution in [-0.2, 0) is 11.8 Å². The summed E-state index contributed by atoms with van der Waals surface area (Å²) in [6.07, 6.45) is 5.23. The van der Waals surface area contributed by atoms with Gasteiger partial charge in [0.2, 0.25) is 5.91 Å². The number of benzene rings is 1. The number of nitrogens with two attached hydrogens (primary N) is 1. The zero-order valence-corrected chi connectivity index (χ0v) is 17.3. The molecule has 0 atom stereocenters. The number of hydrogen-bond donors (Lipinski definition) is 1. The van der Waals surface area contributed by atoms with E-state index in [-0.39, 0.29) is 6.54 Å². The van der Waals surface area contributed by atoms with Gasteiger partial charge in [0, 0.05) is 37.0 Å². The lowest BCUT2D eigenvalue weighted by molar-refractivity contribution is -0.116. The number of methoxy groups -OCH3 is 2. The van der Waals surface area contributed by atoms with E-state index in [2.05, 4.69) is 20.1 Å². The standard InChI is InChI=1S/C21H21N7O3/c1-27-11-13(9-24-27)18-10-23-17-4-5-20(26-21(17)25-18)28(12-19(22)29)14-6-15(30-2)8-16(7-14)31-3/h4-11H,12H2,1-3H3,(H2,22,29). The fourth-order valence-corrected chi connectivity index (χ4v) is 3.14. The summed E-state index contributed by atoms with van der Waals surface area (Å²) in [4.78, 5) is 27.2. The van der Waals surface area contributed by atoms with Gasteiger partial charge in [-0.25, -0.2) is 9.97 Å². The second kappa shape index (κ2) is 8.27. The van der Waals surface area contributed by atoms with E-state index in [4.69, 9.17) is 15.2 Å². The van der Waals surface area contributed by atoms with Crippen molar-refractivity contribution in [1.29, 1.82) is 0 Å². The van der Waals surface area contributed by atoms with Crippen LogP contribution in [0.4, 0.5) is 11.5 Å². The molecule has 0 saturated heterocycles. The molecule has 0 unspecified atom stereocenters. The number of amides is 1. The Balaban J connectivity index is 1.81. The molecule has 0 aliphatic heterocycles. The summed E-state index contributed by atoms with van der Waals surface area (Å²) in [5, 5.41) is 4.17. The number of hydrogen-bond acceptors (Lipinski definition) is 8. The average Bonchev–Trinajstić information content (AvgIpc) is 3.22. The molecular formula is C21H21N7O3. The summed E-state index contributed by atoms with van der Waals surface area (Å²) in [5.41, 5.74) is 8.69. The number of rotatable bonds is 7. The lowest BCUT2D eigenvalue weighted by Crippen LogP contribution is -2.30. The van der Waals surface area contributed by atoms with Crippen molar-refractivity contribution >= 4 is 28.6 Å². The van der Waals surface area contributed by atoms with Crippen molar-refractivity contribution in [3.05, 3.63) is 48.9 Å². The first-order valence-corrected chi connectivity index (χ1v) is 9.38. The van der Waals surface area contributed by atoms with Gasteiger partial charge in [-0.15, -0.1) is 0 Å². The minimum Gasteiger partial charge on any atom is -0.497 e. The zero-order valence-electron chi connectivity index (χ0n) is 17.3. The summed E-state index contributed by atoms with van der Waals surface area (Å²) in [6, 6.07) is 8.84. The van der Waals surface area contributed by atoms with Gasteiger partial charge in [0.25, 0.3) is 0 Å². The lowest BCUT2D eigenvalue weighted by atomic mass is 10.2. The number of ether oxygens (including phenoxy) is 2. The molecule has 10 heteroatoms. The Hall–Kier alpha value is -4.21. The predicted molar refractivity (Wildman–Crippen MR) is 115 cm³/mol. The first-order chi connectivity index (χ1) is 15.0. The van der Waals surface area contributed by atoms with Gasteiger partial charge in [-0.1, -0.05) is 0 Å². The van der Waals surface area contributed by atoms with Crippen molar-refractivity contribution in [2.24, 2.45) is 12.8 Å². The SMILES string of the molecule is COc1cc(OC)cc(N(CC(N)=O)c2ccc3ncc(-c4cnn(C)c4)nc3n2)c1. The van der Waals surface area contributed by atoms with Crippen LogP contribution < -0.4 is 20.1 Å². The third-order valence-electron chi connectivity index (χ3n) is 4.63. The van der Waals surface area contributed by atoms with Gasteiger partial charge in [0.1, 0.15) is 29.4 Å². The normalized spacial score (nSPS) is 10.8. The highest BCUT2D eigenvalue weighted by Gasteiger charge is 2.17. The number of carbonyl (C=O) groups is 1. The van der Waals surface area contributed by atoms with Crippen LogP contribution in [0, 0.1) is 0 Å². The molecule has 0 bridgehead atoms. The molecule has 3 heterocycles. The summed E-state index contributed by atoms with van der Waals surface area (Å²) >= 11 is 0. The molecular weight excluding hydrogens is 398 g/mol. The third-order valence-corrected chi connectivity index (χ3v) is 4.63. The number of nitrogens with zero attached hydrogens (tertiary/aromatic N) is 6. The Morgan fingerprint density at radius 3 is 2.45 bits per heavy atom. The van der Waals surface area contributed by atoms with Gasteiger partial charge in [-0.2, -0.15) is 5.10 Å².